The highest BCUT2D eigenvalue weighted by Crippen LogP contribution is 2.32. The lowest BCUT2D eigenvalue weighted by atomic mass is 9.84. The summed E-state index contributed by atoms with van der Waals surface area (Å²) < 4.78 is 5.38. The Balaban J connectivity index is 1.29. The Bertz CT molecular complexity index is 866. The van der Waals surface area contributed by atoms with Crippen molar-refractivity contribution in [2.75, 3.05) is 31.2 Å². The molecule has 1 aromatic heterocycles. The van der Waals surface area contributed by atoms with Crippen LogP contribution in [0.25, 0.3) is 0 Å². The van der Waals surface area contributed by atoms with E-state index in [-0.39, 0.29) is 12.3 Å². The zero-order chi connectivity index (χ0) is 20.8. The van der Waals surface area contributed by atoms with Gasteiger partial charge in [-0.15, -0.1) is 11.3 Å². The van der Waals surface area contributed by atoms with Crippen molar-refractivity contribution in [3.05, 3.63) is 46.5 Å². The molecule has 2 aliphatic rings. The summed E-state index contributed by atoms with van der Waals surface area (Å²) in [6, 6.07) is 8.66. The average molecular weight is 427 g/mol. The molecule has 2 fully saturated rings. The van der Waals surface area contributed by atoms with Crippen LogP contribution in [0, 0.1) is 0 Å². The second kappa shape index (κ2) is 10.2. The number of nitrogens with one attached hydrogen (secondary N) is 1. The summed E-state index contributed by atoms with van der Waals surface area (Å²) in [5.74, 6) is 0.553. The average Bonchev–Trinajstić information content (AvgIpc) is 3.27. The number of carbonyl (C=O) groups excluding carboxylic acids is 1. The minimum atomic E-state index is -0.146. The first-order valence-corrected chi connectivity index (χ1v) is 11.8. The molecular weight excluding hydrogens is 396 g/mol. The second-order valence-corrected chi connectivity index (χ2v) is 8.92. The number of hydrogen-bond acceptors (Lipinski definition) is 6. The Kier molecular flexibility index (Phi) is 7.12. The maximum Gasteiger partial charge on any atom is 0.246 e. The van der Waals surface area contributed by atoms with Crippen molar-refractivity contribution in [3.8, 4) is 0 Å². The SMILES string of the molecule is C/C(=N\NC(=O)Cc1csc(N2CCOCC2)n1)c1ccc(C2CCCCC2)cc1. The van der Waals surface area contributed by atoms with Crippen LogP contribution in [0.15, 0.2) is 34.7 Å². The van der Waals surface area contributed by atoms with Crippen molar-refractivity contribution >= 4 is 28.1 Å². The number of nitrogens with zero attached hydrogens (tertiary/aromatic N) is 3. The fourth-order valence-corrected chi connectivity index (χ4v) is 5.00. The quantitative estimate of drug-likeness (QED) is 0.558. The third kappa shape index (κ3) is 5.46. The maximum atomic E-state index is 12.3. The van der Waals surface area contributed by atoms with Gasteiger partial charge in [0.2, 0.25) is 5.91 Å². The number of anilines is 1. The Hall–Kier alpha value is -2.25. The Morgan fingerprint density at radius 2 is 1.93 bits per heavy atom. The number of rotatable bonds is 6. The van der Waals surface area contributed by atoms with Gasteiger partial charge in [-0.2, -0.15) is 5.10 Å². The molecule has 2 heterocycles. The van der Waals surface area contributed by atoms with E-state index >= 15 is 0 Å². The van der Waals surface area contributed by atoms with Gasteiger partial charge in [0.1, 0.15) is 0 Å². The normalized spacial score (nSPS) is 18.4. The fraction of sp³-hybridized carbons (Fsp3) is 0.522. The van der Waals surface area contributed by atoms with Crippen LogP contribution in [0.5, 0.6) is 0 Å². The second-order valence-electron chi connectivity index (χ2n) is 8.09. The van der Waals surface area contributed by atoms with Crippen molar-refractivity contribution in [1.82, 2.24) is 10.4 Å². The van der Waals surface area contributed by atoms with Gasteiger partial charge in [-0.1, -0.05) is 43.5 Å². The predicted octanol–water partition coefficient (Wildman–Crippen LogP) is 4.11. The van der Waals surface area contributed by atoms with Crippen molar-refractivity contribution in [2.45, 2.75) is 51.4 Å². The molecule has 4 rings (SSSR count). The molecule has 0 bridgehead atoms. The fourth-order valence-electron chi connectivity index (χ4n) is 4.12. The number of aromatic nitrogens is 1. The molecule has 1 aromatic carbocycles. The molecule has 7 heteroatoms. The number of hydrogen-bond donors (Lipinski definition) is 1. The van der Waals surface area contributed by atoms with Gasteiger partial charge < -0.3 is 9.64 Å². The number of benzene rings is 1. The van der Waals surface area contributed by atoms with Gasteiger partial charge in [0.25, 0.3) is 0 Å². The molecule has 2 aromatic rings. The van der Waals surface area contributed by atoms with Crippen LogP contribution in [0.1, 0.15) is 61.8 Å². The van der Waals surface area contributed by atoms with E-state index in [0.717, 1.165) is 48.4 Å². The first-order chi connectivity index (χ1) is 14.7. The molecule has 0 atom stereocenters. The minimum absolute atomic E-state index is 0.146. The lowest BCUT2D eigenvalue weighted by Gasteiger charge is -2.26. The summed E-state index contributed by atoms with van der Waals surface area (Å²) >= 11 is 1.58. The van der Waals surface area contributed by atoms with Crippen LogP contribution in [-0.2, 0) is 16.0 Å². The molecule has 1 aliphatic heterocycles. The minimum Gasteiger partial charge on any atom is -0.378 e. The maximum absolute atomic E-state index is 12.3. The van der Waals surface area contributed by atoms with E-state index in [2.05, 4.69) is 44.7 Å². The van der Waals surface area contributed by atoms with Gasteiger partial charge in [-0.05, 0) is 36.8 Å². The van der Waals surface area contributed by atoms with Crippen molar-refractivity contribution in [3.63, 3.8) is 0 Å². The van der Waals surface area contributed by atoms with Crippen LogP contribution >= 0.6 is 11.3 Å². The van der Waals surface area contributed by atoms with E-state index < -0.39 is 0 Å². The van der Waals surface area contributed by atoms with E-state index in [4.69, 9.17) is 4.74 Å². The highest BCUT2D eigenvalue weighted by atomic mass is 32.1. The third-order valence-corrected chi connectivity index (χ3v) is 6.87. The largest absolute Gasteiger partial charge is 0.378 e. The monoisotopic (exact) mass is 426 g/mol. The summed E-state index contributed by atoms with van der Waals surface area (Å²) in [6.45, 7) is 5.08. The van der Waals surface area contributed by atoms with E-state index in [1.165, 1.54) is 37.7 Å². The molecule has 1 N–H and O–H groups in total. The Morgan fingerprint density at radius 3 is 2.67 bits per heavy atom. The van der Waals surface area contributed by atoms with Crippen LogP contribution < -0.4 is 10.3 Å². The van der Waals surface area contributed by atoms with E-state index in [9.17, 15) is 4.79 Å². The third-order valence-electron chi connectivity index (χ3n) is 5.92. The van der Waals surface area contributed by atoms with Crippen LogP contribution in [0.4, 0.5) is 5.13 Å². The van der Waals surface area contributed by atoms with Gasteiger partial charge in [0.05, 0.1) is 31.0 Å². The van der Waals surface area contributed by atoms with Crippen molar-refractivity contribution in [2.24, 2.45) is 5.10 Å². The lowest BCUT2D eigenvalue weighted by Crippen LogP contribution is -2.36. The first-order valence-electron chi connectivity index (χ1n) is 10.9. The zero-order valence-corrected chi connectivity index (χ0v) is 18.4. The van der Waals surface area contributed by atoms with Gasteiger partial charge in [-0.3, -0.25) is 4.79 Å². The molecule has 1 aliphatic carbocycles. The van der Waals surface area contributed by atoms with Crippen LogP contribution in [0.3, 0.4) is 0 Å². The lowest BCUT2D eigenvalue weighted by molar-refractivity contribution is -0.120. The number of carbonyl (C=O) groups is 1. The topological polar surface area (TPSA) is 66.8 Å². The number of hydrazone groups is 1. The summed E-state index contributed by atoms with van der Waals surface area (Å²) in [5.41, 5.74) is 6.73. The van der Waals surface area contributed by atoms with Gasteiger partial charge in [-0.25, -0.2) is 10.4 Å². The highest BCUT2D eigenvalue weighted by molar-refractivity contribution is 7.13. The molecule has 6 nitrogen and oxygen atoms in total. The Labute approximate surface area is 182 Å². The number of amides is 1. The highest BCUT2D eigenvalue weighted by Gasteiger charge is 2.17. The summed E-state index contributed by atoms with van der Waals surface area (Å²) in [7, 11) is 0. The van der Waals surface area contributed by atoms with Gasteiger partial charge >= 0.3 is 0 Å². The predicted molar refractivity (Wildman–Crippen MR) is 121 cm³/mol. The van der Waals surface area contributed by atoms with Gasteiger partial charge in [0.15, 0.2) is 5.13 Å². The summed E-state index contributed by atoms with van der Waals surface area (Å²) in [5, 5.41) is 7.20. The summed E-state index contributed by atoms with van der Waals surface area (Å²) in [4.78, 5) is 19.1. The molecule has 30 heavy (non-hydrogen) atoms. The summed E-state index contributed by atoms with van der Waals surface area (Å²) in [6.07, 6.45) is 6.88. The van der Waals surface area contributed by atoms with Crippen molar-refractivity contribution < 1.29 is 9.53 Å². The number of thiazole rings is 1. The number of ether oxygens (including phenoxy) is 1. The van der Waals surface area contributed by atoms with Crippen LogP contribution in [0.2, 0.25) is 0 Å². The van der Waals surface area contributed by atoms with Crippen molar-refractivity contribution in [1.29, 1.82) is 0 Å². The number of morpholine rings is 1. The van der Waals surface area contributed by atoms with E-state index in [1.54, 1.807) is 11.3 Å². The molecule has 160 valence electrons. The van der Waals surface area contributed by atoms with E-state index in [1.807, 2.05) is 12.3 Å². The Morgan fingerprint density at radius 1 is 1.20 bits per heavy atom. The molecule has 1 amide bonds. The molecule has 0 radical (unpaired) electrons. The first kappa shape index (κ1) is 21.0. The van der Waals surface area contributed by atoms with Crippen LogP contribution in [-0.4, -0.2) is 42.9 Å². The molecule has 0 unspecified atom stereocenters. The van der Waals surface area contributed by atoms with Gasteiger partial charge in [0, 0.05) is 18.5 Å². The zero-order valence-electron chi connectivity index (χ0n) is 17.6. The molecule has 1 saturated carbocycles. The van der Waals surface area contributed by atoms with E-state index in [0.29, 0.717) is 5.92 Å². The molecular formula is C23H30N4O2S. The smallest absolute Gasteiger partial charge is 0.246 e. The molecule has 1 saturated heterocycles. The molecule has 0 spiro atoms. The standard InChI is InChI=1S/C23H30N4O2S/c1-17(18-7-9-20(10-8-18)19-5-3-2-4-6-19)25-26-22(28)15-21-16-30-23(24-21)27-11-13-29-14-12-27/h7-10,16,19H,2-6,11-15H2,1H3,(H,26,28)/b25-17+.